The highest BCUT2D eigenvalue weighted by Crippen LogP contribution is 2.27. The lowest BCUT2D eigenvalue weighted by Crippen LogP contribution is -2.42. The predicted octanol–water partition coefficient (Wildman–Crippen LogP) is 0.525. The molecule has 1 saturated heterocycles. The second kappa shape index (κ2) is 17.6. The zero-order valence-corrected chi connectivity index (χ0v) is 26.5. The van der Waals surface area contributed by atoms with E-state index in [9.17, 15) is 38.4 Å². The maximum absolute atomic E-state index is 13.1. The normalized spacial score (nSPS) is 28.9. The van der Waals surface area contributed by atoms with Crippen LogP contribution in [0.2, 0.25) is 0 Å². The smallest absolute Gasteiger partial charge is 0.321 e. The van der Waals surface area contributed by atoms with Gasteiger partial charge in [-0.1, -0.05) is 32.1 Å². The molecule has 6 N–H and O–H groups in total. The molecular weight excluding hydrogens is 596 g/mol. The van der Waals surface area contributed by atoms with E-state index < -0.39 is 82.1 Å². The van der Waals surface area contributed by atoms with Gasteiger partial charge in [0, 0.05) is 60.0 Å². The number of amides is 2. The fourth-order valence-corrected chi connectivity index (χ4v) is 7.00. The first kappa shape index (κ1) is 37.4. The molecule has 2 heterocycles. The Balaban J connectivity index is 2.22. The molecule has 0 aromatic rings. The Hall–Kier alpha value is -2.78. The van der Waals surface area contributed by atoms with E-state index in [-0.39, 0.29) is 56.0 Å². The summed E-state index contributed by atoms with van der Waals surface area (Å²) < 4.78 is 24.2. The van der Waals surface area contributed by atoms with Crippen molar-refractivity contribution in [3.8, 4) is 0 Å². The Kier molecular flexibility index (Phi) is 15.0. The number of Topliss-reactive ketones (excluding diaryl/α,β-unsaturated/α-hetero) is 1. The summed E-state index contributed by atoms with van der Waals surface area (Å²) in [5.74, 6) is -5.22. The molecule has 2 aliphatic heterocycles. The van der Waals surface area contributed by atoms with Crippen molar-refractivity contribution in [1.82, 2.24) is 5.32 Å². The van der Waals surface area contributed by atoms with Gasteiger partial charge in [0.2, 0.25) is 11.8 Å². The van der Waals surface area contributed by atoms with E-state index in [0.717, 1.165) is 0 Å². The minimum absolute atomic E-state index is 0.0945. The number of methoxy groups -OCH3 is 1. The van der Waals surface area contributed by atoms with Crippen molar-refractivity contribution in [2.24, 2.45) is 23.5 Å². The molecule has 14 heteroatoms. The molecule has 44 heavy (non-hydrogen) atoms. The lowest BCUT2D eigenvalue weighted by atomic mass is 9.86. The second-order valence-corrected chi connectivity index (χ2v) is 13.6. The number of carboxylic acids is 1. The van der Waals surface area contributed by atoms with Gasteiger partial charge < -0.3 is 30.5 Å². The summed E-state index contributed by atoms with van der Waals surface area (Å²) >= 11 is 0. The van der Waals surface area contributed by atoms with Gasteiger partial charge in [-0.25, -0.2) is 0 Å². The van der Waals surface area contributed by atoms with Crippen LogP contribution in [0.25, 0.3) is 0 Å². The standard InChI is InChI=1S/C30H46N2O11S/c1-16(23(34)13-20(33)10-19-11-25(35)32-26(36)12-19)9-17(2)29-18(3)28(38)24(42-4)8-6-5-7-21(14-27(37)43-29)44(41)15-22(31)30(39)40/h6,8-9,16,18-22,24,28-29,33,38H,5,7,10-15,31H2,1-4H3,(H,39,40)(H,32,35,36). The maximum atomic E-state index is 13.1. The van der Waals surface area contributed by atoms with Gasteiger partial charge in [0.25, 0.3) is 0 Å². The number of hydrogen-bond donors (Lipinski definition) is 5. The number of carbonyl (C=O) groups is 5. The Labute approximate surface area is 260 Å². The number of nitrogens with two attached hydrogens (primary N) is 1. The molecule has 9 atom stereocenters. The third-order valence-corrected chi connectivity index (χ3v) is 9.86. The first-order valence-corrected chi connectivity index (χ1v) is 16.1. The molecule has 0 aliphatic carbocycles. The average molecular weight is 643 g/mol. The van der Waals surface area contributed by atoms with Crippen LogP contribution in [-0.2, 0) is 44.2 Å². The van der Waals surface area contributed by atoms with E-state index in [1.54, 1.807) is 39.0 Å². The number of esters is 1. The number of ether oxygens (including phenoxy) is 2. The van der Waals surface area contributed by atoms with Gasteiger partial charge in [-0.15, -0.1) is 0 Å². The number of nitrogens with one attached hydrogen (secondary N) is 1. The number of aliphatic hydroxyl groups is 2. The number of aliphatic hydroxyl groups excluding tert-OH is 2. The molecule has 248 valence electrons. The lowest BCUT2D eigenvalue weighted by Gasteiger charge is -2.32. The van der Waals surface area contributed by atoms with E-state index in [0.29, 0.717) is 12.0 Å². The molecule has 0 spiro atoms. The second-order valence-electron chi connectivity index (χ2n) is 11.8. The minimum atomic E-state index is -1.74. The highest BCUT2D eigenvalue weighted by atomic mass is 32.2. The highest BCUT2D eigenvalue weighted by Gasteiger charge is 2.35. The Morgan fingerprint density at radius 1 is 1.23 bits per heavy atom. The first-order chi connectivity index (χ1) is 20.6. The fraction of sp³-hybridized carbons (Fsp3) is 0.700. The van der Waals surface area contributed by atoms with E-state index in [1.165, 1.54) is 7.11 Å². The number of allylic oxidation sites excluding steroid dienone is 2. The van der Waals surface area contributed by atoms with Crippen LogP contribution in [0.5, 0.6) is 0 Å². The van der Waals surface area contributed by atoms with Gasteiger partial charge in [0.05, 0.1) is 18.6 Å². The van der Waals surface area contributed by atoms with Crippen molar-refractivity contribution >= 4 is 40.3 Å². The van der Waals surface area contributed by atoms with Crippen LogP contribution in [0.15, 0.2) is 23.8 Å². The highest BCUT2D eigenvalue weighted by molar-refractivity contribution is 7.85. The predicted molar refractivity (Wildman–Crippen MR) is 160 cm³/mol. The third-order valence-electron chi connectivity index (χ3n) is 8.03. The monoisotopic (exact) mass is 642 g/mol. The summed E-state index contributed by atoms with van der Waals surface area (Å²) in [6.45, 7) is 4.95. The molecular formula is C30H46N2O11S. The SMILES string of the molecule is COC1C=CCCC(S(=O)CC(N)C(=O)O)CC(=O)OC(C(C)=CC(C)C(=O)CC(O)CC2CC(=O)NC(=O)C2)C(C)C1O. The Morgan fingerprint density at radius 2 is 1.86 bits per heavy atom. The zero-order valence-electron chi connectivity index (χ0n) is 25.7. The summed E-state index contributed by atoms with van der Waals surface area (Å²) in [6.07, 6.45) is 1.61. The molecule has 0 aromatic carbocycles. The Morgan fingerprint density at radius 3 is 2.45 bits per heavy atom. The van der Waals surface area contributed by atoms with Crippen molar-refractivity contribution in [3.05, 3.63) is 23.8 Å². The van der Waals surface area contributed by atoms with Gasteiger partial charge >= 0.3 is 11.9 Å². The van der Waals surface area contributed by atoms with Crippen LogP contribution in [0.1, 0.15) is 65.7 Å². The van der Waals surface area contributed by atoms with Gasteiger partial charge in [0.1, 0.15) is 24.0 Å². The summed E-state index contributed by atoms with van der Waals surface area (Å²) in [4.78, 5) is 60.6. The molecule has 0 radical (unpaired) electrons. The molecule has 0 aromatic heterocycles. The molecule has 0 bridgehead atoms. The number of rotatable bonds is 12. The molecule has 13 nitrogen and oxygen atoms in total. The average Bonchev–Trinajstić information content (AvgIpc) is 2.93. The van der Waals surface area contributed by atoms with Crippen LogP contribution in [0.4, 0.5) is 0 Å². The number of imide groups is 1. The number of hydrogen-bond acceptors (Lipinski definition) is 11. The van der Waals surface area contributed by atoms with Gasteiger partial charge in [0.15, 0.2) is 0 Å². The van der Waals surface area contributed by atoms with Crippen molar-refractivity contribution in [2.75, 3.05) is 12.9 Å². The van der Waals surface area contributed by atoms with Crippen LogP contribution in [0.3, 0.4) is 0 Å². The largest absolute Gasteiger partial charge is 0.480 e. The van der Waals surface area contributed by atoms with Crippen molar-refractivity contribution in [1.29, 1.82) is 0 Å². The number of aliphatic carboxylic acids is 1. The van der Waals surface area contributed by atoms with Crippen LogP contribution < -0.4 is 11.1 Å². The number of cyclic esters (lactones) is 1. The molecule has 2 amide bonds. The van der Waals surface area contributed by atoms with Crippen LogP contribution >= 0.6 is 0 Å². The van der Waals surface area contributed by atoms with Gasteiger partial charge in [-0.3, -0.25) is 33.5 Å². The number of carboxylic acid groups (broad SMARTS) is 1. The first-order valence-electron chi connectivity index (χ1n) is 14.8. The molecule has 9 unspecified atom stereocenters. The molecule has 2 rings (SSSR count). The summed E-state index contributed by atoms with van der Waals surface area (Å²) in [7, 11) is -0.318. The van der Waals surface area contributed by atoms with Crippen LogP contribution in [-0.4, -0.2) is 97.6 Å². The van der Waals surface area contributed by atoms with Gasteiger partial charge in [-0.2, -0.15) is 0 Å². The maximum Gasteiger partial charge on any atom is 0.321 e. The third kappa shape index (κ3) is 11.6. The zero-order chi connectivity index (χ0) is 33.1. The van der Waals surface area contributed by atoms with Crippen molar-refractivity contribution in [3.63, 3.8) is 0 Å². The van der Waals surface area contributed by atoms with Crippen molar-refractivity contribution < 1.29 is 53.0 Å². The molecule has 0 saturated carbocycles. The number of ketones is 1. The number of piperidine rings is 1. The van der Waals surface area contributed by atoms with E-state index in [2.05, 4.69) is 5.32 Å². The van der Waals surface area contributed by atoms with E-state index in [4.69, 9.17) is 20.3 Å². The quantitative estimate of drug-likeness (QED) is 0.112. The lowest BCUT2D eigenvalue weighted by molar-refractivity contribution is -0.153. The van der Waals surface area contributed by atoms with E-state index >= 15 is 0 Å². The summed E-state index contributed by atoms with van der Waals surface area (Å²) in [5.41, 5.74) is 6.04. The summed E-state index contributed by atoms with van der Waals surface area (Å²) in [5, 5.41) is 32.2. The topological polar surface area (TPSA) is 220 Å². The minimum Gasteiger partial charge on any atom is -0.480 e. The van der Waals surface area contributed by atoms with Gasteiger partial charge in [-0.05, 0) is 37.7 Å². The number of carbonyl (C=O) groups excluding carboxylic acids is 4. The molecule has 1 fully saturated rings. The van der Waals surface area contributed by atoms with Crippen molar-refractivity contribution in [2.45, 2.75) is 101 Å². The van der Waals surface area contributed by atoms with Crippen LogP contribution in [0, 0.1) is 17.8 Å². The molecule has 2 aliphatic rings. The Bertz CT molecular complexity index is 1120. The fourth-order valence-electron chi connectivity index (χ4n) is 5.51. The summed E-state index contributed by atoms with van der Waals surface area (Å²) in [6, 6.07) is -1.35. The van der Waals surface area contributed by atoms with E-state index in [1.807, 2.05) is 0 Å².